The van der Waals surface area contributed by atoms with Crippen molar-refractivity contribution in [3.05, 3.63) is 0 Å². The highest BCUT2D eigenvalue weighted by molar-refractivity contribution is 6.09. The van der Waals surface area contributed by atoms with Crippen LogP contribution in [0.2, 0.25) is 0 Å². The average Bonchev–Trinajstić information content (AvgIpc) is 2.81. The Kier molecular flexibility index (Phi) is 6.61. The fraction of sp³-hybridized carbons (Fsp3) is 0.778. The number of hydrogen-bond donors (Lipinski definition) is 2. The van der Waals surface area contributed by atoms with Crippen molar-refractivity contribution >= 4 is 23.8 Å². The number of imide groups is 1. The summed E-state index contributed by atoms with van der Waals surface area (Å²) in [7, 11) is 0. The van der Waals surface area contributed by atoms with Gasteiger partial charge < -0.3 is 15.4 Å². The Morgan fingerprint density at radius 3 is 2.77 bits per heavy atom. The summed E-state index contributed by atoms with van der Waals surface area (Å²) in [6.45, 7) is 4.94. The molecular formula is C18H29N3O5. The topological polar surface area (TPSA) is 105 Å². The van der Waals surface area contributed by atoms with E-state index in [2.05, 4.69) is 10.6 Å². The zero-order chi connectivity index (χ0) is 19.3. The van der Waals surface area contributed by atoms with E-state index in [1.807, 2.05) is 20.8 Å². The molecule has 0 unspecified atom stereocenters. The van der Waals surface area contributed by atoms with Gasteiger partial charge in [0.2, 0.25) is 0 Å². The van der Waals surface area contributed by atoms with E-state index in [0.717, 1.165) is 37.0 Å². The minimum Gasteiger partial charge on any atom is -0.454 e. The number of amides is 4. The van der Waals surface area contributed by atoms with Gasteiger partial charge in [-0.1, -0.05) is 33.1 Å². The minimum absolute atomic E-state index is 0.00443. The molecule has 0 aromatic carbocycles. The van der Waals surface area contributed by atoms with E-state index in [-0.39, 0.29) is 17.9 Å². The van der Waals surface area contributed by atoms with Gasteiger partial charge in [-0.05, 0) is 32.1 Å². The number of nitrogens with zero attached hydrogens (tertiary/aromatic N) is 1. The molecule has 1 saturated carbocycles. The summed E-state index contributed by atoms with van der Waals surface area (Å²) >= 11 is 0. The van der Waals surface area contributed by atoms with Crippen LogP contribution in [0, 0.1) is 5.92 Å². The number of carbonyl (C=O) groups excluding carboxylic acids is 4. The van der Waals surface area contributed by atoms with Crippen LogP contribution >= 0.6 is 0 Å². The normalized spacial score (nSPS) is 26.6. The van der Waals surface area contributed by atoms with Crippen molar-refractivity contribution < 1.29 is 23.9 Å². The Morgan fingerprint density at radius 2 is 2.12 bits per heavy atom. The fourth-order valence-electron chi connectivity index (χ4n) is 3.78. The molecule has 8 heteroatoms. The van der Waals surface area contributed by atoms with E-state index in [1.54, 1.807) is 0 Å². The molecule has 1 aliphatic carbocycles. The van der Waals surface area contributed by atoms with Gasteiger partial charge in [0, 0.05) is 6.04 Å². The minimum atomic E-state index is -0.900. The Balaban J connectivity index is 1.86. The predicted octanol–water partition coefficient (Wildman–Crippen LogP) is 1.34. The van der Waals surface area contributed by atoms with Gasteiger partial charge in [0.15, 0.2) is 6.61 Å². The van der Waals surface area contributed by atoms with Gasteiger partial charge in [-0.15, -0.1) is 0 Å². The molecule has 1 spiro atoms. The first-order chi connectivity index (χ1) is 12.3. The van der Waals surface area contributed by atoms with E-state index < -0.39 is 36.6 Å². The van der Waals surface area contributed by atoms with Gasteiger partial charge in [-0.25, -0.2) is 4.79 Å². The lowest BCUT2D eigenvalue weighted by Gasteiger charge is -2.36. The number of nitrogens with one attached hydrogen (secondary N) is 2. The number of urea groups is 1. The molecular weight excluding hydrogens is 338 g/mol. The molecule has 0 radical (unpaired) electrons. The highest BCUT2D eigenvalue weighted by Crippen LogP contribution is 2.38. The Morgan fingerprint density at radius 1 is 1.38 bits per heavy atom. The standard InChI is InChI=1S/C18H29N3O5/c1-4-7-13(3)19-14(22)11-26-15(23)10-21-16(24)18(20-17(21)25)9-6-5-8-12(18)2/h12-13H,4-11H2,1-3H3,(H,19,22)(H,20,25)/t12-,13+,18-/m0/s1. The van der Waals surface area contributed by atoms with Crippen LogP contribution in [-0.4, -0.2) is 53.4 Å². The smallest absolute Gasteiger partial charge is 0.326 e. The number of hydrogen-bond acceptors (Lipinski definition) is 5. The molecule has 8 nitrogen and oxygen atoms in total. The van der Waals surface area contributed by atoms with Gasteiger partial charge >= 0.3 is 12.0 Å². The lowest BCUT2D eigenvalue weighted by atomic mass is 9.73. The molecule has 2 N–H and O–H groups in total. The lowest BCUT2D eigenvalue weighted by Crippen LogP contribution is -2.54. The van der Waals surface area contributed by atoms with Crippen molar-refractivity contribution in [3.63, 3.8) is 0 Å². The Bertz CT molecular complexity index is 579. The van der Waals surface area contributed by atoms with Gasteiger partial charge in [0.05, 0.1) is 0 Å². The van der Waals surface area contributed by atoms with E-state index >= 15 is 0 Å². The fourth-order valence-corrected chi connectivity index (χ4v) is 3.78. The van der Waals surface area contributed by atoms with Crippen molar-refractivity contribution in [2.75, 3.05) is 13.2 Å². The van der Waals surface area contributed by atoms with Crippen LogP contribution in [-0.2, 0) is 19.1 Å². The van der Waals surface area contributed by atoms with Crippen LogP contribution in [0.15, 0.2) is 0 Å². The third-order valence-corrected chi connectivity index (χ3v) is 5.28. The summed E-state index contributed by atoms with van der Waals surface area (Å²) in [6.07, 6.45) is 5.11. The SMILES string of the molecule is CCC[C@@H](C)NC(=O)COC(=O)CN1C(=O)N[C@]2(CCCC[C@@H]2C)C1=O. The lowest BCUT2D eigenvalue weighted by molar-refractivity contribution is -0.151. The van der Waals surface area contributed by atoms with Gasteiger partial charge in [0.1, 0.15) is 12.1 Å². The molecule has 2 rings (SSSR count). The molecule has 146 valence electrons. The first kappa shape index (κ1) is 20.2. The molecule has 2 aliphatic rings. The largest absolute Gasteiger partial charge is 0.454 e. The summed E-state index contributed by atoms with van der Waals surface area (Å²) in [5.74, 6) is -1.51. The van der Waals surface area contributed by atoms with Crippen molar-refractivity contribution in [2.45, 2.75) is 70.9 Å². The second-order valence-corrected chi connectivity index (χ2v) is 7.36. The maximum atomic E-state index is 12.7. The predicted molar refractivity (Wildman–Crippen MR) is 94.1 cm³/mol. The zero-order valence-electron chi connectivity index (χ0n) is 15.8. The molecule has 1 heterocycles. The molecule has 4 amide bonds. The highest BCUT2D eigenvalue weighted by atomic mass is 16.5. The van der Waals surface area contributed by atoms with E-state index in [4.69, 9.17) is 4.74 Å². The van der Waals surface area contributed by atoms with Crippen molar-refractivity contribution in [2.24, 2.45) is 5.92 Å². The maximum Gasteiger partial charge on any atom is 0.326 e. The van der Waals surface area contributed by atoms with Gasteiger partial charge in [0.25, 0.3) is 11.8 Å². The van der Waals surface area contributed by atoms with E-state index in [0.29, 0.717) is 6.42 Å². The van der Waals surface area contributed by atoms with Gasteiger partial charge in [-0.2, -0.15) is 0 Å². The highest BCUT2D eigenvalue weighted by Gasteiger charge is 2.55. The van der Waals surface area contributed by atoms with Crippen LogP contribution in [0.3, 0.4) is 0 Å². The summed E-state index contributed by atoms with van der Waals surface area (Å²) in [4.78, 5) is 49.6. The Labute approximate surface area is 154 Å². The van der Waals surface area contributed by atoms with Crippen LogP contribution < -0.4 is 10.6 Å². The molecule has 2 fully saturated rings. The molecule has 26 heavy (non-hydrogen) atoms. The van der Waals surface area contributed by atoms with Crippen LogP contribution in [0.1, 0.15) is 59.3 Å². The van der Waals surface area contributed by atoms with E-state index in [9.17, 15) is 19.2 Å². The third kappa shape index (κ3) is 4.34. The first-order valence-electron chi connectivity index (χ1n) is 9.39. The average molecular weight is 367 g/mol. The number of esters is 1. The first-order valence-corrected chi connectivity index (χ1v) is 9.39. The third-order valence-electron chi connectivity index (χ3n) is 5.28. The molecule has 0 bridgehead atoms. The summed E-state index contributed by atoms with van der Waals surface area (Å²) < 4.78 is 4.92. The summed E-state index contributed by atoms with van der Waals surface area (Å²) in [5, 5.41) is 5.50. The molecule has 1 aliphatic heterocycles. The summed E-state index contributed by atoms with van der Waals surface area (Å²) in [6, 6.07) is -0.563. The molecule has 0 aromatic rings. The van der Waals surface area contributed by atoms with Crippen molar-refractivity contribution in [1.29, 1.82) is 0 Å². The van der Waals surface area contributed by atoms with Gasteiger partial charge in [-0.3, -0.25) is 19.3 Å². The molecule has 1 saturated heterocycles. The quantitative estimate of drug-likeness (QED) is 0.522. The molecule has 0 aromatic heterocycles. The monoisotopic (exact) mass is 367 g/mol. The zero-order valence-corrected chi connectivity index (χ0v) is 15.8. The maximum absolute atomic E-state index is 12.7. The summed E-state index contributed by atoms with van der Waals surface area (Å²) in [5.41, 5.74) is -0.900. The number of rotatable bonds is 7. The molecule has 3 atom stereocenters. The number of carbonyl (C=O) groups is 4. The van der Waals surface area contributed by atoms with E-state index in [1.165, 1.54) is 0 Å². The van der Waals surface area contributed by atoms with Crippen molar-refractivity contribution in [3.8, 4) is 0 Å². The Hall–Kier alpha value is -2.12. The second-order valence-electron chi connectivity index (χ2n) is 7.36. The van der Waals surface area contributed by atoms with Crippen LogP contribution in [0.5, 0.6) is 0 Å². The number of ether oxygens (including phenoxy) is 1. The van der Waals surface area contributed by atoms with Crippen LogP contribution in [0.25, 0.3) is 0 Å². The second kappa shape index (κ2) is 8.51. The van der Waals surface area contributed by atoms with Crippen LogP contribution in [0.4, 0.5) is 4.79 Å². The van der Waals surface area contributed by atoms with Crippen molar-refractivity contribution in [1.82, 2.24) is 15.5 Å².